The molecule has 1 heterocycles. The number of hydrogen-bond acceptors (Lipinski definition) is 6. The fourth-order valence-electron chi connectivity index (χ4n) is 4.46. The number of rotatable bonds is 15. The number of nitrogens with one attached hydrogen (secondary N) is 1. The van der Waals surface area contributed by atoms with Gasteiger partial charge in [-0.2, -0.15) is 0 Å². The van der Waals surface area contributed by atoms with Crippen LogP contribution in [0.3, 0.4) is 0 Å². The van der Waals surface area contributed by atoms with Crippen molar-refractivity contribution < 1.29 is 19.4 Å². The third-order valence-electron chi connectivity index (χ3n) is 6.64. The zero-order chi connectivity index (χ0) is 28.2. The summed E-state index contributed by atoms with van der Waals surface area (Å²) < 4.78 is 6.77. The number of amides is 1. The van der Waals surface area contributed by atoms with Crippen molar-refractivity contribution in [3.63, 3.8) is 0 Å². The van der Waals surface area contributed by atoms with Crippen molar-refractivity contribution >= 4 is 40.2 Å². The number of unbranched alkanes of at least 4 members (excludes halogenated alkanes) is 9. The molecule has 8 nitrogen and oxygen atoms in total. The molecule has 0 unspecified atom stereocenters. The SMILES string of the molecule is CCCCCCCCCCCCOC(=O)c1ccc(Cl)c(NC(=O)c2nc3ccc(O)cc3n(CC)c2=O)c1. The van der Waals surface area contributed by atoms with Gasteiger partial charge in [0.25, 0.3) is 11.5 Å². The topological polar surface area (TPSA) is 111 Å². The molecule has 3 rings (SSSR count). The smallest absolute Gasteiger partial charge is 0.338 e. The Morgan fingerprint density at radius 2 is 1.62 bits per heavy atom. The highest BCUT2D eigenvalue weighted by Gasteiger charge is 2.19. The minimum Gasteiger partial charge on any atom is -0.508 e. The van der Waals surface area contributed by atoms with Crippen LogP contribution in [0, 0.1) is 0 Å². The Hall–Kier alpha value is -3.39. The predicted octanol–water partition coefficient (Wildman–Crippen LogP) is 7.11. The van der Waals surface area contributed by atoms with Gasteiger partial charge >= 0.3 is 5.97 Å². The number of aryl methyl sites for hydroxylation is 1. The second-order valence-corrected chi connectivity index (χ2v) is 10.1. The van der Waals surface area contributed by atoms with E-state index in [1.807, 2.05) is 0 Å². The molecular formula is C30H38ClN3O5. The van der Waals surface area contributed by atoms with E-state index in [0.29, 0.717) is 17.6 Å². The molecule has 0 fully saturated rings. The minimum absolute atomic E-state index is 0.00764. The molecule has 9 heteroatoms. The Kier molecular flexibility index (Phi) is 11.8. The molecule has 2 N–H and O–H groups in total. The summed E-state index contributed by atoms with van der Waals surface area (Å²) in [4.78, 5) is 42.8. The number of esters is 1. The van der Waals surface area contributed by atoms with Crippen LogP contribution in [0.4, 0.5) is 5.69 Å². The van der Waals surface area contributed by atoms with E-state index >= 15 is 0 Å². The number of nitrogens with zero attached hydrogens (tertiary/aromatic N) is 2. The highest BCUT2D eigenvalue weighted by molar-refractivity contribution is 6.34. The van der Waals surface area contributed by atoms with Gasteiger partial charge in [0.1, 0.15) is 5.75 Å². The van der Waals surface area contributed by atoms with Gasteiger partial charge in [0.15, 0.2) is 5.69 Å². The van der Waals surface area contributed by atoms with Crippen molar-refractivity contribution in [2.75, 3.05) is 11.9 Å². The zero-order valence-corrected chi connectivity index (χ0v) is 23.6. The van der Waals surface area contributed by atoms with Crippen LogP contribution in [0.1, 0.15) is 98.9 Å². The number of hydrogen-bond donors (Lipinski definition) is 2. The van der Waals surface area contributed by atoms with E-state index < -0.39 is 17.4 Å². The number of anilines is 1. The molecule has 2 aromatic carbocycles. The third kappa shape index (κ3) is 8.55. The van der Waals surface area contributed by atoms with Gasteiger partial charge in [-0.1, -0.05) is 76.3 Å². The monoisotopic (exact) mass is 555 g/mol. The van der Waals surface area contributed by atoms with E-state index in [2.05, 4.69) is 17.2 Å². The van der Waals surface area contributed by atoms with Gasteiger partial charge in [0.05, 0.1) is 33.9 Å². The summed E-state index contributed by atoms with van der Waals surface area (Å²) in [5.74, 6) is -1.27. The van der Waals surface area contributed by atoms with E-state index in [1.165, 1.54) is 85.9 Å². The molecule has 0 atom stereocenters. The number of benzene rings is 2. The zero-order valence-electron chi connectivity index (χ0n) is 22.8. The lowest BCUT2D eigenvalue weighted by atomic mass is 10.1. The van der Waals surface area contributed by atoms with E-state index in [0.717, 1.165) is 19.3 Å². The highest BCUT2D eigenvalue weighted by Crippen LogP contribution is 2.24. The highest BCUT2D eigenvalue weighted by atomic mass is 35.5. The second-order valence-electron chi connectivity index (χ2n) is 9.65. The molecule has 0 spiro atoms. The van der Waals surface area contributed by atoms with Gasteiger partial charge in [0.2, 0.25) is 0 Å². The summed E-state index contributed by atoms with van der Waals surface area (Å²) >= 11 is 6.27. The fourth-order valence-corrected chi connectivity index (χ4v) is 4.62. The number of ether oxygens (including phenoxy) is 1. The van der Waals surface area contributed by atoms with Crippen LogP contribution in [0.15, 0.2) is 41.2 Å². The second kappa shape index (κ2) is 15.3. The lowest BCUT2D eigenvalue weighted by Gasteiger charge is -2.12. The maximum absolute atomic E-state index is 13.0. The van der Waals surface area contributed by atoms with Crippen molar-refractivity contribution in [1.29, 1.82) is 0 Å². The Bertz CT molecular complexity index is 1340. The number of phenols is 1. The first-order valence-corrected chi connectivity index (χ1v) is 14.2. The van der Waals surface area contributed by atoms with Crippen molar-refractivity contribution in [3.8, 4) is 5.75 Å². The standard InChI is InChI=1S/C30H38ClN3O5/c1-3-5-6-7-8-9-10-11-12-13-18-39-30(38)21-14-16-23(31)25(19-21)33-28(36)27-29(37)34(4-2)26-20-22(35)15-17-24(26)32-27/h14-17,19-20,35H,3-13,18H2,1-2H3,(H,33,36). The van der Waals surface area contributed by atoms with Gasteiger partial charge in [-0.05, 0) is 43.7 Å². The Morgan fingerprint density at radius 3 is 2.28 bits per heavy atom. The average molecular weight is 556 g/mol. The van der Waals surface area contributed by atoms with Crippen LogP contribution in [0.5, 0.6) is 5.75 Å². The summed E-state index contributed by atoms with van der Waals surface area (Å²) in [6.07, 6.45) is 11.9. The molecular weight excluding hydrogens is 518 g/mol. The maximum Gasteiger partial charge on any atom is 0.338 e. The van der Waals surface area contributed by atoms with Gasteiger partial charge < -0.3 is 19.7 Å². The van der Waals surface area contributed by atoms with E-state index in [1.54, 1.807) is 6.92 Å². The lowest BCUT2D eigenvalue weighted by Crippen LogP contribution is -2.31. The van der Waals surface area contributed by atoms with Crippen LogP contribution < -0.4 is 10.9 Å². The summed E-state index contributed by atoms with van der Waals surface area (Å²) in [5.41, 5.74) is 0.301. The van der Waals surface area contributed by atoms with Crippen molar-refractivity contribution in [1.82, 2.24) is 9.55 Å². The first-order valence-electron chi connectivity index (χ1n) is 13.9. The number of aromatic nitrogens is 2. The molecule has 0 saturated heterocycles. The summed E-state index contributed by atoms with van der Waals surface area (Å²) in [5, 5.41) is 12.6. The average Bonchev–Trinajstić information content (AvgIpc) is 2.92. The molecule has 0 radical (unpaired) electrons. The first kappa shape index (κ1) is 30.2. The van der Waals surface area contributed by atoms with Crippen molar-refractivity contribution in [3.05, 3.63) is 63.0 Å². The number of carbonyl (C=O) groups is 2. The fraction of sp³-hybridized carbons (Fsp3) is 0.467. The summed E-state index contributed by atoms with van der Waals surface area (Å²) in [6, 6.07) is 8.85. The third-order valence-corrected chi connectivity index (χ3v) is 6.97. The molecule has 3 aromatic rings. The Balaban J connectivity index is 1.56. The quantitative estimate of drug-likeness (QED) is 0.153. The first-order chi connectivity index (χ1) is 18.8. The van der Waals surface area contributed by atoms with E-state index in [4.69, 9.17) is 16.3 Å². The molecule has 39 heavy (non-hydrogen) atoms. The molecule has 1 amide bonds. The molecule has 0 bridgehead atoms. The number of carbonyl (C=O) groups excluding carboxylic acids is 2. The minimum atomic E-state index is -0.755. The normalized spacial score (nSPS) is 11.1. The van der Waals surface area contributed by atoms with Crippen molar-refractivity contribution in [2.24, 2.45) is 0 Å². The van der Waals surface area contributed by atoms with Crippen LogP contribution in [-0.4, -0.2) is 33.1 Å². The van der Waals surface area contributed by atoms with Crippen LogP contribution in [-0.2, 0) is 11.3 Å². The summed E-state index contributed by atoms with van der Waals surface area (Å²) in [6.45, 7) is 4.59. The van der Waals surface area contributed by atoms with Gasteiger partial charge in [-0.3, -0.25) is 9.59 Å². The Morgan fingerprint density at radius 1 is 0.949 bits per heavy atom. The molecule has 0 aliphatic heterocycles. The van der Waals surface area contributed by atoms with Gasteiger partial charge in [0, 0.05) is 12.6 Å². The number of halogens is 1. The molecule has 0 saturated carbocycles. The van der Waals surface area contributed by atoms with Gasteiger partial charge in [-0.25, -0.2) is 9.78 Å². The van der Waals surface area contributed by atoms with E-state index in [9.17, 15) is 19.5 Å². The maximum atomic E-state index is 13.0. The molecule has 0 aliphatic carbocycles. The Labute approximate surface area is 234 Å². The molecule has 210 valence electrons. The van der Waals surface area contributed by atoms with Crippen LogP contribution >= 0.6 is 11.6 Å². The molecule has 1 aromatic heterocycles. The van der Waals surface area contributed by atoms with Crippen molar-refractivity contribution in [2.45, 2.75) is 84.6 Å². The summed E-state index contributed by atoms with van der Waals surface area (Å²) in [7, 11) is 0. The van der Waals surface area contributed by atoms with Crippen LogP contribution in [0.25, 0.3) is 11.0 Å². The number of fused-ring (bicyclic) bond motifs is 1. The predicted molar refractivity (Wildman–Crippen MR) is 155 cm³/mol. The van der Waals surface area contributed by atoms with Crippen LogP contribution in [0.2, 0.25) is 5.02 Å². The molecule has 0 aliphatic rings. The number of aromatic hydroxyl groups is 1. The number of phenolic OH excluding ortho intramolecular Hbond substituents is 1. The van der Waals surface area contributed by atoms with Gasteiger partial charge in [-0.15, -0.1) is 0 Å². The lowest BCUT2D eigenvalue weighted by molar-refractivity contribution is 0.0497. The largest absolute Gasteiger partial charge is 0.508 e. The van der Waals surface area contributed by atoms with E-state index in [-0.39, 0.29) is 34.3 Å².